The minimum atomic E-state index is -0.221. The van der Waals surface area contributed by atoms with Crippen molar-refractivity contribution in [3.63, 3.8) is 0 Å². The fourth-order valence-corrected chi connectivity index (χ4v) is 5.63. The zero-order chi connectivity index (χ0) is 23.9. The van der Waals surface area contributed by atoms with E-state index in [-0.39, 0.29) is 12.5 Å². The van der Waals surface area contributed by atoms with Crippen LogP contribution in [0.15, 0.2) is 71.6 Å². The van der Waals surface area contributed by atoms with Gasteiger partial charge in [-0.15, -0.1) is 0 Å². The number of aliphatic imine (C=N–C) groups is 1. The molecular weight excluding hydrogens is 462 g/mol. The fourth-order valence-electron chi connectivity index (χ4n) is 5.44. The van der Waals surface area contributed by atoms with Gasteiger partial charge in [-0.2, -0.15) is 0 Å². The minimum absolute atomic E-state index is 0.132. The molecule has 4 aliphatic rings. The van der Waals surface area contributed by atoms with Crippen molar-refractivity contribution in [1.82, 2.24) is 10.2 Å². The molecule has 0 radical (unpaired) electrons. The maximum atomic E-state index is 13.3. The van der Waals surface area contributed by atoms with Crippen LogP contribution in [-0.2, 0) is 4.79 Å². The Bertz CT molecular complexity index is 1260. The molecule has 2 aromatic carbocycles. The number of nitrogens with zero attached hydrogens (tertiary/aromatic N) is 3. The van der Waals surface area contributed by atoms with Gasteiger partial charge in [-0.3, -0.25) is 4.79 Å². The first-order valence-corrected chi connectivity index (χ1v) is 12.5. The Morgan fingerprint density at radius 3 is 2.94 bits per heavy atom. The standard InChI is InChI=1S/C27H28ClN5O2/c28-18-5-3-4-17(14-18)25-20-15-24(20)33-12-9-22(30-26(25)33)27(35)31-21-6-1-2-7-23(21)32-11-8-19(16-32)29-10-13-34/h1-7,9,12,14,19-20,24,29,34H,8,10-11,13,15-16H2,(H,31,35)/t19-,20?,24?/m1/s1. The van der Waals surface area contributed by atoms with Crippen molar-refractivity contribution in [3.8, 4) is 0 Å². The summed E-state index contributed by atoms with van der Waals surface area (Å²) in [6.45, 7) is 2.45. The molecule has 1 saturated carbocycles. The van der Waals surface area contributed by atoms with Gasteiger partial charge in [0.15, 0.2) is 0 Å². The highest BCUT2D eigenvalue weighted by Gasteiger charge is 2.52. The number of benzene rings is 2. The number of hydrogen-bond donors (Lipinski definition) is 3. The Morgan fingerprint density at radius 2 is 2.09 bits per heavy atom. The molecule has 0 bridgehead atoms. The highest BCUT2D eigenvalue weighted by molar-refractivity contribution is 6.47. The summed E-state index contributed by atoms with van der Waals surface area (Å²) in [4.78, 5) is 22.6. The van der Waals surface area contributed by atoms with Gasteiger partial charge in [0.2, 0.25) is 0 Å². The second-order valence-corrected chi connectivity index (χ2v) is 9.89. The molecule has 3 aliphatic heterocycles. The van der Waals surface area contributed by atoms with Crippen molar-refractivity contribution in [2.24, 2.45) is 10.9 Å². The van der Waals surface area contributed by atoms with Crippen LogP contribution >= 0.6 is 11.6 Å². The molecule has 0 aromatic heterocycles. The number of para-hydroxylation sites is 2. The zero-order valence-corrected chi connectivity index (χ0v) is 20.1. The molecule has 0 spiro atoms. The smallest absolute Gasteiger partial charge is 0.274 e. The van der Waals surface area contributed by atoms with Gasteiger partial charge in [-0.05, 0) is 48.7 Å². The van der Waals surface area contributed by atoms with Crippen LogP contribution in [0.3, 0.4) is 0 Å². The molecule has 35 heavy (non-hydrogen) atoms. The van der Waals surface area contributed by atoms with E-state index in [0.717, 1.165) is 48.7 Å². The molecule has 3 N–H and O–H groups in total. The van der Waals surface area contributed by atoms with E-state index in [1.807, 2.05) is 54.7 Å². The van der Waals surface area contributed by atoms with E-state index in [9.17, 15) is 4.79 Å². The largest absolute Gasteiger partial charge is 0.395 e. The van der Waals surface area contributed by atoms with Gasteiger partial charge in [0.05, 0.1) is 18.0 Å². The Labute approximate surface area is 209 Å². The summed E-state index contributed by atoms with van der Waals surface area (Å²) >= 11 is 6.26. The molecule has 2 aromatic rings. The molecule has 3 heterocycles. The lowest BCUT2D eigenvalue weighted by atomic mass is 10.0. The van der Waals surface area contributed by atoms with Crippen LogP contribution in [0.4, 0.5) is 11.4 Å². The van der Waals surface area contributed by atoms with Gasteiger partial charge >= 0.3 is 0 Å². The van der Waals surface area contributed by atoms with E-state index in [2.05, 4.69) is 26.5 Å². The van der Waals surface area contributed by atoms with Crippen molar-refractivity contribution in [1.29, 1.82) is 0 Å². The van der Waals surface area contributed by atoms with Crippen LogP contribution < -0.4 is 15.5 Å². The normalized spacial score (nSPS) is 24.4. The summed E-state index contributed by atoms with van der Waals surface area (Å²) in [5, 5.41) is 16.3. The second kappa shape index (κ2) is 9.15. The molecule has 3 atom stereocenters. The van der Waals surface area contributed by atoms with Gasteiger partial charge in [0.25, 0.3) is 5.91 Å². The van der Waals surface area contributed by atoms with Crippen LogP contribution in [0.5, 0.6) is 0 Å². The van der Waals surface area contributed by atoms with Gasteiger partial charge in [0.1, 0.15) is 11.5 Å². The van der Waals surface area contributed by atoms with E-state index in [1.165, 1.54) is 5.57 Å². The van der Waals surface area contributed by atoms with Crippen molar-refractivity contribution < 1.29 is 9.90 Å². The van der Waals surface area contributed by atoms with E-state index in [4.69, 9.17) is 21.7 Å². The lowest BCUT2D eigenvalue weighted by molar-refractivity contribution is -0.110. The molecule has 2 fully saturated rings. The zero-order valence-electron chi connectivity index (χ0n) is 19.3. The molecule has 6 rings (SSSR count). The summed E-state index contributed by atoms with van der Waals surface area (Å²) in [7, 11) is 0. The van der Waals surface area contributed by atoms with Crippen LogP contribution in [0.1, 0.15) is 18.4 Å². The number of rotatable bonds is 7. The van der Waals surface area contributed by atoms with Gasteiger partial charge in [-0.1, -0.05) is 35.9 Å². The second-order valence-electron chi connectivity index (χ2n) is 9.46. The van der Waals surface area contributed by atoms with Crippen molar-refractivity contribution in [2.75, 3.05) is 36.5 Å². The van der Waals surface area contributed by atoms with E-state index in [0.29, 0.717) is 35.3 Å². The van der Waals surface area contributed by atoms with Crippen molar-refractivity contribution in [2.45, 2.75) is 24.9 Å². The number of halogens is 1. The summed E-state index contributed by atoms with van der Waals surface area (Å²) in [6, 6.07) is 16.5. The maximum Gasteiger partial charge on any atom is 0.274 e. The third-order valence-corrected chi connectivity index (χ3v) is 7.42. The maximum absolute atomic E-state index is 13.3. The van der Waals surface area contributed by atoms with E-state index < -0.39 is 0 Å². The van der Waals surface area contributed by atoms with E-state index in [1.54, 1.807) is 0 Å². The summed E-state index contributed by atoms with van der Waals surface area (Å²) < 4.78 is 0. The molecule has 1 saturated heterocycles. The SMILES string of the molecule is O=C(Nc1ccccc1N1CC[C@@H](NCCO)C1)C1=NC2=C(c3cccc(Cl)c3)C3CC3N2C=C1. The number of aliphatic hydroxyl groups excluding tert-OH is 1. The number of hydrogen-bond acceptors (Lipinski definition) is 6. The number of anilines is 2. The Morgan fingerprint density at radius 1 is 1.20 bits per heavy atom. The molecule has 7 nitrogen and oxygen atoms in total. The average Bonchev–Trinajstić information content (AvgIpc) is 3.38. The predicted molar refractivity (Wildman–Crippen MR) is 139 cm³/mol. The first kappa shape index (κ1) is 22.3. The molecule has 180 valence electrons. The molecular formula is C27H28ClN5O2. The number of amides is 1. The lowest BCUT2D eigenvalue weighted by Gasteiger charge is -2.24. The number of aliphatic hydroxyl groups is 1. The highest BCUT2D eigenvalue weighted by Crippen LogP contribution is 2.55. The van der Waals surface area contributed by atoms with Crippen LogP contribution in [0, 0.1) is 5.92 Å². The van der Waals surface area contributed by atoms with Gasteiger partial charge < -0.3 is 25.5 Å². The van der Waals surface area contributed by atoms with Crippen LogP contribution in [-0.4, -0.2) is 60.0 Å². The number of nitrogens with one attached hydrogen (secondary N) is 2. The summed E-state index contributed by atoms with van der Waals surface area (Å²) in [5.74, 6) is 1.07. The lowest BCUT2D eigenvalue weighted by Crippen LogP contribution is -2.34. The van der Waals surface area contributed by atoms with E-state index >= 15 is 0 Å². The number of fused-ring (bicyclic) bond motifs is 3. The Balaban J connectivity index is 1.23. The first-order chi connectivity index (χ1) is 17.1. The topological polar surface area (TPSA) is 80.2 Å². The van der Waals surface area contributed by atoms with Crippen molar-refractivity contribution >= 4 is 40.2 Å². The van der Waals surface area contributed by atoms with Crippen LogP contribution in [0.25, 0.3) is 5.57 Å². The van der Waals surface area contributed by atoms with Gasteiger partial charge in [-0.25, -0.2) is 4.99 Å². The van der Waals surface area contributed by atoms with Crippen LogP contribution in [0.2, 0.25) is 5.02 Å². The highest BCUT2D eigenvalue weighted by atomic mass is 35.5. The summed E-state index contributed by atoms with van der Waals surface area (Å²) in [5.41, 5.74) is 4.42. The molecule has 1 aliphatic carbocycles. The number of carbonyl (C=O) groups excluding carboxylic acids is 1. The Kier molecular flexibility index (Phi) is 5.84. The van der Waals surface area contributed by atoms with Gasteiger partial charge in [0, 0.05) is 54.4 Å². The Hall–Kier alpha value is -3.13. The molecule has 2 unspecified atom stereocenters. The number of carbonyl (C=O) groups is 1. The summed E-state index contributed by atoms with van der Waals surface area (Å²) in [6.07, 6.45) is 5.89. The first-order valence-electron chi connectivity index (χ1n) is 12.2. The quantitative estimate of drug-likeness (QED) is 0.555. The minimum Gasteiger partial charge on any atom is -0.395 e. The predicted octanol–water partition coefficient (Wildman–Crippen LogP) is 3.48. The third kappa shape index (κ3) is 4.24. The fraction of sp³-hybridized carbons (Fsp3) is 0.333. The molecule has 8 heteroatoms. The van der Waals surface area contributed by atoms with Crippen molar-refractivity contribution in [3.05, 3.63) is 77.2 Å². The molecule has 1 amide bonds. The average molecular weight is 490 g/mol. The monoisotopic (exact) mass is 489 g/mol. The third-order valence-electron chi connectivity index (χ3n) is 7.18.